The number of carbonyl (C=O) groups is 1. The Balaban J connectivity index is 2.24. The predicted octanol–water partition coefficient (Wildman–Crippen LogP) is 4.85. The van der Waals surface area contributed by atoms with Gasteiger partial charge < -0.3 is 14.2 Å². The highest BCUT2D eigenvalue weighted by molar-refractivity contribution is 5.74. The number of benzene rings is 1. The second-order valence-electron chi connectivity index (χ2n) is 5.43. The van der Waals surface area contributed by atoms with Crippen molar-refractivity contribution in [3.63, 3.8) is 0 Å². The largest absolute Gasteiger partial charge is 0.479 e. The zero-order valence-corrected chi connectivity index (χ0v) is 14.4. The van der Waals surface area contributed by atoms with Gasteiger partial charge in [-0.05, 0) is 37.3 Å². The van der Waals surface area contributed by atoms with E-state index in [-0.39, 0.29) is 23.8 Å². The molecule has 0 aliphatic rings. The summed E-state index contributed by atoms with van der Waals surface area (Å²) in [4.78, 5) is 14.4. The van der Waals surface area contributed by atoms with Gasteiger partial charge in [0.05, 0.1) is 12.7 Å². The van der Waals surface area contributed by atoms with Crippen LogP contribution in [0.15, 0.2) is 36.5 Å². The molecule has 5 nitrogen and oxygen atoms in total. The van der Waals surface area contributed by atoms with Crippen LogP contribution in [0.1, 0.15) is 18.1 Å². The summed E-state index contributed by atoms with van der Waals surface area (Å²) in [6.07, 6.45) is -10.8. The lowest BCUT2D eigenvalue weighted by molar-refractivity contribution is -0.148. The number of esters is 1. The van der Waals surface area contributed by atoms with Crippen molar-refractivity contribution >= 4 is 5.97 Å². The molecule has 1 atom stereocenters. The van der Waals surface area contributed by atoms with Crippen molar-refractivity contribution in [3.05, 3.63) is 47.7 Å². The number of pyridine rings is 1. The van der Waals surface area contributed by atoms with Crippen LogP contribution in [0.2, 0.25) is 0 Å². The number of hydrogen-bond acceptors (Lipinski definition) is 5. The highest BCUT2D eigenvalue weighted by Gasteiger charge is 2.40. The summed E-state index contributed by atoms with van der Waals surface area (Å²) in [5.74, 6) is -1.60. The molecule has 0 radical (unpaired) electrons. The quantitative estimate of drug-likeness (QED) is 0.522. The summed E-state index contributed by atoms with van der Waals surface area (Å²) in [6.45, 7) is 1.43. The van der Waals surface area contributed by atoms with Crippen molar-refractivity contribution in [2.75, 3.05) is 7.11 Å². The maximum Gasteiger partial charge on any atom is 0.421 e. The molecular formula is C17H13F6NO4. The van der Waals surface area contributed by atoms with Gasteiger partial charge in [-0.3, -0.25) is 0 Å². The molecule has 1 heterocycles. The van der Waals surface area contributed by atoms with Crippen LogP contribution in [0.3, 0.4) is 0 Å². The number of methoxy groups -OCH3 is 1. The standard InChI is InChI=1S/C17H13F6NO4/c1-9(15(25)26-2)27-11-3-5-12(6-4-11)28-14-13(17(21,22)23)7-10(8-24-14)16(18,19)20/h3-9H,1-2H3. The third kappa shape index (κ3) is 5.27. The van der Waals surface area contributed by atoms with Crippen LogP contribution < -0.4 is 9.47 Å². The summed E-state index contributed by atoms with van der Waals surface area (Å²) < 4.78 is 91.9. The normalized spacial score (nSPS) is 13.0. The van der Waals surface area contributed by atoms with Crippen LogP contribution in [0.25, 0.3) is 0 Å². The Morgan fingerprint density at radius 2 is 1.57 bits per heavy atom. The molecule has 0 saturated carbocycles. The van der Waals surface area contributed by atoms with E-state index in [9.17, 15) is 31.1 Å². The van der Waals surface area contributed by atoms with Gasteiger partial charge in [0.1, 0.15) is 17.1 Å². The Hall–Kier alpha value is -2.98. The summed E-state index contributed by atoms with van der Waals surface area (Å²) in [5, 5.41) is 0. The summed E-state index contributed by atoms with van der Waals surface area (Å²) >= 11 is 0. The average Bonchev–Trinajstić information content (AvgIpc) is 2.61. The highest BCUT2D eigenvalue weighted by Crippen LogP contribution is 2.40. The third-order valence-electron chi connectivity index (χ3n) is 3.37. The SMILES string of the molecule is COC(=O)C(C)Oc1ccc(Oc2ncc(C(F)(F)F)cc2C(F)(F)F)cc1. The Morgan fingerprint density at radius 1 is 1.00 bits per heavy atom. The van der Waals surface area contributed by atoms with Gasteiger partial charge in [-0.15, -0.1) is 0 Å². The fourth-order valence-electron chi connectivity index (χ4n) is 2.01. The molecule has 1 unspecified atom stereocenters. The van der Waals surface area contributed by atoms with Crippen molar-refractivity contribution in [1.29, 1.82) is 0 Å². The van der Waals surface area contributed by atoms with Gasteiger partial charge in [-0.1, -0.05) is 0 Å². The minimum Gasteiger partial charge on any atom is -0.479 e. The molecule has 2 rings (SSSR count). The van der Waals surface area contributed by atoms with Gasteiger partial charge in [0.2, 0.25) is 5.88 Å². The fourth-order valence-corrected chi connectivity index (χ4v) is 2.01. The zero-order chi connectivity index (χ0) is 21.1. The monoisotopic (exact) mass is 409 g/mol. The number of rotatable bonds is 5. The molecule has 11 heteroatoms. The topological polar surface area (TPSA) is 57.7 Å². The Morgan fingerprint density at radius 3 is 2.07 bits per heavy atom. The van der Waals surface area contributed by atoms with Crippen LogP contribution in [-0.4, -0.2) is 24.2 Å². The Labute approximate surface area is 154 Å². The van der Waals surface area contributed by atoms with Gasteiger partial charge in [0.15, 0.2) is 6.10 Å². The first kappa shape index (κ1) is 21.3. The minimum absolute atomic E-state index is 0.0716. The molecule has 0 aliphatic carbocycles. The molecule has 0 bridgehead atoms. The first-order chi connectivity index (χ1) is 12.9. The number of alkyl halides is 6. The molecule has 0 N–H and O–H groups in total. The van der Waals surface area contributed by atoms with Crippen molar-refractivity contribution in [1.82, 2.24) is 4.98 Å². The lowest BCUT2D eigenvalue weighted by Crippen LogP contribution is -2.24. The molecule has 0 amide bonds. The van der Waals surface area contributed by atoms with Crippen molar-refractivity contribution in [3.8, 4) is 17.4 Å². The van der Waals surface area contributed by atoms with E-state index in [0.717, 1.165) is 0 Å². The predicted molar refractivity (Wildman–Crippen MR) is 82.9 cm³/mol. The fraction of sp³-hybridized carbons (Fsp3) is 0.294. The lowest BCUT2D eigenvalue weighted by Gasteiger charge is -2.16. The molecule has 0 saturated heterocycles. The first-order valence-corrected chi connectivity index (χ1v) is 7.58. The van der Waals surface area contributed by atoms with E-state index in [0.29, 0.717) is 0 Å². The maximum atomic E-state index is 13.1. The Bertz CT molecular complexity index is 833. The number of halogens is 6. The van der Waals surface area contributed by atoms with Crippen molar-refractivity contribution < 1.29 is 45.3 Å². The van der Waals surface area contributed by atoms with Crippen LogP contribution >= 0.6 is 0 Å². The van der Waals surface area contributed by atoms with Gasteiger partial charge in [-0.2, -0.15) is 26.3 Å². The molecule has 0 fully saturated rings. The average molecular weight is 409 g/mol. The third-order valence-corrected chi connectivity index (χ3v) is 3.37. The molecule has 152 valence electrons. The minimum atomic E-state index is -5.11. The number of ether oxygens (including phenoxy) is 3. The van der Waals surface area contributed by atoms with Gasteiger partial charge >= 0.3 is 18.3 Å². The van der Waals surface area contributed by atoms with E-state index >= 15 is 0 Å². The van der Waals surface area contributed by atoms with E-state index in [4.69, 9.17) is 9.47 Å². The molecular weight excluding hydrogens is 396 g/mol. The van der Waals surface area contributed by atoms with Gasteiger partial charge in [0.25, 0.3) is 0 Å². The van der Waals surface area contributed by atoms with Gasteiger partial charge in [0, 0.05) is 6.20 Å². The summed E-state index contributed by atoms with van der Waals surface area (Å²) in [5.41, 5.74) is -3.21. The van der Waals surface area contributed by atoms with Crippen LogP contribution in [0.5, 0.6) is 17.4 Å². The highest BCUT2D eigenvalue weighted by atomic mass is 19.4. The first-order valence-electron chi connectivity index (χ1n) is 7.58. The lowest BCUT2D eigenvalue weighted by atomic mass is 10.2. The number of nitrogens with zero attached hydrogens (tertiary/aromatic N) is 1. The van der Waals surface area contributed by atoms with Crippen LogP contribution in [-0.2, 0) is 21.9 Å². The van der Waals surface area contributed by atoms with E-state index in [1.54, 1.807) is 0 Å². The van der Waals surface area contributed by atoms with E-state index in [1.165, 1.54) is 38.3 Å². The second-order valence-corrected chi connectivity index (χ2v) is 5.43. The van der Waals surface area contributed by atoms with Crippen molar-refractivity contribution in [2.24, 2.45) is 0 Å². The van der Waals surface area contributed by atoms with Gasteiger partial charge in [-0.25, -0.2) is 9.78 Å². The number of aromatic nitrogens is 1. The molecule has 0 spiro atoms. The van der Waals surface area contributed by atoms with Crippen LogP contribution in [0, 0.1) is 0 Å². The molecule has 0 aliphatic heterocycles. The molecule has 2 aromatic rings. The number of carbonyl (C=O) groups excluding carboxylic acids is 1. The van der Waals surface area contributed by atoms with Crippen LogP contribution in [0.4, 0.5) is 26.3 Å². The van der Waals surface area contributed by atoms with E-state index in [2.05, 4.69) is 9.72 Å². The Kier molecular flexibility index (Phi) is 6.05. The second kappa shape index (κ2) is 7.95. The summed E-state index contributed by atoms with van der Waals surface area (Å²) in [7, 11) is 1.18. The maximum absolute atomic E-state index is 13.1. The molecule has 1 aromatic heterocycles. The summed E-state index contributed by atoms with van der Waals surface area (Å²) in [6, 6.07) is 4.94. The smallest absolute Gasteiger partial charge is 0.421 e. The zero-order valence-electron chi connectivity index (χ0n) is 14.4. The molecule has 1 aromatic carbocycles. The van der Waals surface area contributed by atoms with E-state index in [1.807, 2.05) is 0 Å². The van der Waals surface area contributed by atoms with E-state index < -0.39 is 41.4 Å². The molecule has 28 heavy (non-hydrogen) atoms. The van der Waals surface area contributed by atoms with Crippen molar-refractivity contribution in [2.45, 2.75) is 25.4 Å². The number of hydrogen-bond donors (Lipinski definition) is 0.